The van der Waals surface area contributed by atoms with Gasteiger partial charge in [0, 0.05) is 31.9 Å². The number of rotatable bonds is 6. The van der Waals surface area contributed by atoms with Crippen LogP contribution >= 0.6 is 0 Å². The molecule has 2 aromatic carbocycles. The second-order valence-corrected chi connectivity index (χ2v) is 6.41. The van der Waals surface area contributed by atoms with Crippen molar-refractivity contribution in [1.82, 2.24) is 4.90 Å². The number of hydrogen-bond acceptors (Lipinski definition) is 5. The monoisotopic (exact) mass is 354 g/mol. The van der Waals surface area contributed by atoms with Crippen LogP contribution in [-0.2, 0) is 9.53 Å². The average Bonchev–Trinajstić information content (AvgIpc) is 2.70. The summed E-state index contributed by atoms with van der Waals surface area (Å²) in [5, 5.41) is 10.7. The molecule has 5 nitrogen and oxygen atoms in total. The predicted molar refractivity (Wildman–Crippen MR) is 102 cm³/mol. The summed E-state index contributed by atoms with van der Waals surface area (Å²) in [4.78, 5) is 16.7. The molecule has 0 spiro atoms. The summed E-state index contributed by atoms with van der Waals surface area (Å²) < 4.78 is 5.06. The lowest BCUT2D eigenvalue weighted by molar-refractivity contribution is -0.157. The first-order valence-electron chi connectivity index (χ1n) is 9.14. The Labute approximate surface area is 154 Å². The van der Waals surface area contributed by atoms with E-state index in [1.165, 1.54) is 5.69 Å². The number of anilines is 1. The number of carbonyl (C=O) groups excluding carboxylic acids is 1. The van der Waals surface area contributed by atoms with Crippen molar-refractivity contribution in [2.24, 2.45) is 0 Å². The maximum atomic E-state index is 12.2. The highest BCUT2D eigenvalue weighted by Crippen LogP contribution is 2.27. The molecular formula is C21H26N2O3. The molecule has 1 fully saturated rings. The number of esters is 1. The van der Waals surface area contributed by atoms with Crippen molar-refractivity contribution in [3.8, 4) is 0 Å². The number of benzene rings is 2. The van der Waals surface area contributed by atoms with E-state index in [0.717, 1.165) is 31.7 Å². The van der Waals surface area contributed by atoms with Crippen molar-refractivity contribution in [3.63, 3.8) is 0 Å². The quantitative estimate of drug-likeness (QED) is 0.808. The van der Waals surface area contributed by atoms with Gasteiger partial charge in [0.15, 0.2) is 6.10 Å². The second kappa shape index (κ2) is 8.83. The number of ether oxygens (including phenoxy) is 1. The zero-order valence-electron chi connectivity index (χ0n) is 15.1. The van der Waals surface area contributed by atoms with E-state index < -0.39 is 18.1 Å². The van der Waals surface area contributed by atoms with Crippen LogP contribution in [0.3, 0.4) is 0 Å². The summed E-state index contributed by atoms with van der Waals surface area (Å²) in [6.07, 6.45) is -1.19. The number of piperazine rings is 1. The standard InChI is InChI=1S/C21H26N2O3/c1-2-26-21(25)20(24)19(17-9-5-3-6-10-17)23-15-13-22(14-16-23)18-11-7-4-8-12-18/h3-12,19-20,24H,2,13-16H2,1H3/t19-,20-/m1/s1. The molecule has 0 saturated carbocycles. The van der Waals surface area contributed by atoms with Crippen molar-refractivity contribution >= 4 is 11.7 Å². The molecule has 0 bridgehead atoms. The molecule has 26 heavy (non-hydrogen) atoms. The second-order valence-electron chi connectivity index (χ2n) is 6.41. The molecule has 2 aromatic rings. The summed E-state index contributed by atoms with van der Waals surface area (Å²) in [6, 6.07) is 19.6. The highest BCUT2D eigenvalue weighted by atomic mass is 16.5. The van der Waals surface area contributed by atoms with E-state index in [1.807, 2.05) is 48.5 Å². The van der Waals surface area contributed by atoms with Gasteiger partial charge in [0.05, 0.1) is 12.6 Å². The third kappa shape index (κ3) is 4.23. The Balaban J connectivity index is 1.75. The Kier molecular flexibility index (Phi) is 6.26. The fourth-order valence-corrected chi connectivity index (χ4v) is 3.50. The summed E-state index contributed by atoms with van der Waals surface area (Å²) in [5.41, 5.74) is 2.13. The largest absolute Gasteiger partial charge is 0.464 e. The minimum atomic E-state index is -1.19. The van der Waals surface area contributed by atoms with Crippen LogP contribution in [0.25, 0.3) is 0 Å². The van der Waals surface area contributed by atoms with Crippen molar-refractivity contribution in [3.05, 3.63) is 66.2 Å². The number of para-hydroxylation sites is 1. The first-order valence-corrected chi connectivity index (χ1v) is 9.14. The molecule has 0 amide bonds. The normalized spacial score (nSPS) is 17.5. The molecule has 1 aliphatic rings. The summed E-state index contributed by atoms with van der Waals surface area (Å²) in [5.74, 6) is -0.563. The lowest BCUT2D eigenvalue weighted by Gasteiger charge is -2.41. The number of aliphatic hydroxyl groups is 1. The van der Waals surface area contributed by atoms with Gasteiger partial charge in [-0.1, -0.05) is 48.5 Å². The van der Waals surface area contributed by atoms with Crippen LogP contribution < -0.4 is 4.90 Å². The van der Waals surface area contributed by atoms with Crippen LogP contribution in [0.5, 0.6) is 0 Å². The van der Waals surface area contributed by atoms with Crippen molar-refractivity contribution < 1.29 is 14.6 Å². The molecule has 1 aliphatic heterocycles. The first kappa shape index (κ1) is 18.4. The van der Waals surface area contributed by atoms with Crippen LogP contribution in [-0.4, -0.2) is 54.9 Å². The Morgan fingerprint density at radius 1 is 1.00 bits per heavy atom. The van der Waals surface area contributed by atoms with E-state index in [1.54, 1.807) is 6.92 Å². The molecule has 1 N–H and O–H groups in total. The molecule has 0 radical (unpaired) electrons. The molecule has 1 saturated heterocycles. The first-order chi connectivity index (χ1) is 12.7. The van der Waals surface area contributed by atoms with E-state index >= 15 is 0 Å². The summed E-state index contributed by atoms with van der Waals surface area (Å²) in [6.45, 7) is 5.25. The molecule has 0 unspecified atom stereocenters. The molecule has 0 aliphatic carbocycles. The van der Waals surface area contributed by atoms with Crippen molar-refractivity contribution in [2.45, 2.75) is 19.1 Å². The molecule has 1 heterocycles. The van der Waals surface area contributed by atoms with Crippen LogP contribution in [0.2, 0.25) is 0 Å². The Hall–Kier alpha value is -2.37. The van der Waals surface area contributed by atoms with Crippen LogP contribution in [0.4, 0.5) is 5.69 Å². The SMILES string of the molecule is CCOC(=O)[C@H](O)[C@@H](c1ccccc1)N1CCN(c2ccccc2)CC1. The summed E-state index contributed by atoms with van der Waals surface area (Å²) in [7, 11) is 0. The van der Waals surface area contributed by atoms with E-state index in [9.17, 15) is 9.90 Å². The zero-order valence-corrected chi connectivity index (χ0v) is 15.1. The molecule has 3 rings (SSSR count). The minimum Gasteiger partial charge on any atom is -0.464 e. The molecular weight excluding hydrogens is 328 g/mol. The van der Waals surface area contributed by atoms with Gasteiger partial charge in [-0.3, -0.25) is 4.90 Å². The van der Waals surface area contributed by atoms with Gasteiger partial charge < -0.3 is 14.7 Å². The third-order valence-electron chi connectivity index (χ3n) is 4.80. The van der Waals surface area contributed by atoms with Crippen molar-refractivity contribution in [2.75, 3.05) is 37.7 Å². The fraction of sp³-hybridized carbons (Fsp3) is 0.381. The van der Waals surface area contributed by atoms with Gasteiger partial charge in [-0.25, -0.2) is 4.79 Å². The lowest BCUT2D eigenvalue weighted by atomic mass is 9.98. The molecule has 0 aromatic heterocycles. The maximum absolute atomic E-state index is 12.2. The van der Waals surface area contributed by atoms with E-state index in [-0.39, 0.29) is 6.61 Å². The van der Waals surface area contributed by atoms with Gasteiger partial charge in [-0.15, -0.1) is 0 Å². The van der Waals surface area contributed by atoms with Crippen LogP contribution in [0.1, 0.15) is 18.5 Å². The summed E-state index contributed by atoms with van der Waals surface area (Å²) >= 11 is 0. The molecule has 2 atom stereocenters. The van der Waals surface area contributed by atoms with Crippen LogP contribution in [0.15, 0.2) is 60.7 Å². The van der Waals surface area contributed by atoms with Gasteiger partial charge in [0.2, 0.25) is 0 Å². The average molecular weight is 354 g/mol. The van der Waals surface area contributed by atoms with E-state index in [2.05, 4.69) is 21.9 Å². The zero-order chi connectivity index (χ0) is 18.4. The Morgan fingerprint density at radius 2 is 1.58 bits per heavy atom. The Bertz CT molecular complexity index is 685. The van der Waals surface area contributed by atoms with E-state index in [0.29, 0.717) is 0 Å². The van der Waals surface area contributed by atoms with Gasteiger partial charge >= 0.3 is 5.97 Å². The van der Waals surface area contributed by atoms with Crippen LogP contribution in [0, 0.1) is 0 Å². The number of carbonyl (C=O) groups is 1. The van der Waals surface area contributed by atoms with Gasteiger partial charge in [-0.05, 0) is 24.6 Å². The smallest absolute Gasteiger partial charge is 0.336 e. The minimum absolute atomic E-state index is 0.263. The highest BCUT2D eigenvalue weighted by Gasteiger charge is 2.35. The van der Waals surface area contributed by atoms with E-state index in [4.69, 9.17) is 4.74 Å². The number of hydrogen-bond donors (Lipinski definition) is 1. The lowest BCUT2D eigenvalue weighted by Crippen LogP contribution is -2.51. The molecule has 5 heteroatoms. The van der Waals surface area contributed by atoms with Gasteiger partial charge in [0.25, 0.3) is 0 Å². The fourth-order valence-electron chi connectivity index (χ4n) is 3.50. The highest BCUT2D eigenvalue weighted by molar-refractivity contribution is 5.75. The topological polar surface area (TPSA) is 53.0 Å². The Morgan fingerprint density at radius 3 is 2.15 bits per heavy atom. The predicted octanol–water partition coefficient (Wildman–Crippen LogP) is 2.47. The van der Waals surface area contributed by atoms with Crippen molar-refractivity contribution in [1.29, 1.82) is 0 Å². The van der Waals surface area contributed by atoms with Gasteiger partial charge in [-0.2, -0.15) is 0 Å². The van der Waals surface area contributed by atoms with Gasteiger partial charge in [0.1, 0.15) is 0 Å². The number of aliphatic hydroxyl groups excluding tert-OH is 1. The number of nitrogens with zero attached hydrogens (tertiary/aromatic N) is 2. The molecule has 138 valence electrons. The maximum Gasteiger partial charge on any atom is 0.336 e. The third-order valence-corrected chi connectivity index (χ3v) is 4.80.